The molecule has 0 aromatic heterocycles. The van der Waals surface area contributed by atoms with Crippen molar-refractivity contribution in [3.05, 3.63) is 29.8 Å². The van der Waals surface area contributed by atoms with Gasteiger partial charge in [-0.05, 0) is 24.9 Å². The van der Waals surface area contributed by atoms with Gasteiger partial charge in [-0.3, -0.25) is 0 Å². The van der Waals surface area contributed by atoms with Gasteiger partial charge in [0, 0.05) is 12.2 Å². The molecule has 0 bridgehead atoms. The van der Waals surface area contributed by atoms with Gasteiger partial charge in [-0.15, -0.1) is 0 Å². The fourth-order valence-electron chi connectivity index (χ4n) is 2.34. The summed E-state index contributed by atoms with van der Waals surface area (Å²) in [5.41, 5.74) is 1.50. The molecule has 1 N–H and O–H groups in total. The van der Waals surface area contributed by atoms with E-state index in [1.807, 2.05) is 25.2 Å². The number of hydrogen-bond acceptors (Lipinski definition) is 3. The Balaban J connectivity index is 2.00. The molecule has 2 unspecified atom stereocenters. The van der Waals surface area contributed by atoms with Crippen molar-refractivity contribution < 1.29 is 9.47 Å². The molecule has 0 spiro atoms. The lowest BCUT2D eigenvalue weighted by molar-refractivity contribution is -0.0223. The Hall–Kier alpha value is -1.06. The maximum atomic E-state index is 6.03. The Labute approximate surface area is 116 Å². The van der Waals surface area contributed by atoms with Crippen LogP contribution in [-0.2, 0) is 4.74 Å². The molecular formula is C16H25NO2. The third kappa shape index (κ3) is 3.71. The van der Waals surface area contributed by atoms with E-state index in [0.29, 0.717) is 12.0 Å². The largest absolute Gasteiger partial charge is 0.490 e. The Bertz CT molecular complexity index is 411. The number of likely N-dealkylation sites (N-methyl/N-ethyl adjacent to an activating group) is 1. The summed E-state index contributed by atoms with van der Waals surface area (Å²) in [6.45, 7) is 8.10. The molecule has 1 aromatic carbocycles. The molecule has 2 atom stereocenters. The molecule has 0 saturated heterocycles. The molecule has 106 valence electrons. The molecule has 0 aliphatic carbocycles. The number of para-hydroxylation sites is 1. The summed E-state index contributed by atoms with van der Waals surface area (Å²) in [4.78, 5) is 0. The van der Waals surface area contributed by atoms with Gasteiger partial charge < -0.3 is 14.8 Å². The van der Waals surface area contributed by atoms with E-state index in [1.54, 1.807) is 0 Å². The van der Waals surface area contributed by atoms with E-state index in [1.165, 1.54) is 5.56 Å². The SMILES string of the molecule is CNC1c2ccccc2OCC1OCCC(C)(C)C. The molecule has 3 heteroatoms. The van der Waals surface area contributed by atoms with Gasteiger partial charge in [0.25, 0.3) is 0 Å². The van der Waals surface area contributed by atoms with Gasteiger partial charge >= 0.3 is 0 Å². The highest BCUT2D eigenvalue weighted by molar-refractivity contribution is 5.38. The maximum absolute atomic E-state index is 6.03. The average Bonchev–Trinajstić information content (AvgIpc) is 2.37. The van der Waals surface area contributed by atoms with Crippen LogP contribution in [0.2, 0.25) is 0 Å². The third-order valence-electron chi connectivity index (χ3n) is 3.52. The van der Waals surface area contributed by atoms with Crippen LogP contribution in [0.5, 0.6) is 5.75 Å². The quantitative estimate of drug-likeness (QED) is 0.905. The van der Waals surface area contributed by atoms with Crippen LogP contribution in [0.1, 0.15) is 38.8 Å². The van der Waals surface area contributed by atoms with Crippen LogP contribution < -0.4 is 10.1 Å². The van der Waals surface area contributed by atoms with E-state index in [2.05, 4.69) is 32.2 Å². The van der Waals surface area contributed by atoms with E-state index in [-0.39, 0.29) is 12.1 Å². The van der Waals surface area contributed by atoms with Gasteiger partial charge in [-0.2, -0.15) is 0 Å². The molecule has 19 heavy (non-hydrogen) atoms. The Kier molecular flexibility index (Phi) is 4.48. The number of fused-ring (bicyclic) bond motifs is 1. The fourth-order valence-corrected chi connectivity index (χ4v) is 2.34. The first-order valence-electron chi connectivity index (χ1n) is 7.02. The summed E-state index contributed by atoms with van der Waals surface area (Å²) < 4.78 is 11.8. The number of nitrogens with one attached hydrogen (secondary N) is 1. The van der Waals surface area contributed by atoms with E-state index in [4.69, 9.17) is 9.47 Å². The fraction of sp³-hybridized carbons (Fsp3) is 0.625. The number of hydrogen-bond donors (Lipinski definition) is 1. The summed E-state index contributed by atoms with van der Waals surface area (Å²) in [7, 11) is 1.98. The second-order valence-corrected chi connectivity index (χ2v) is 6.34. The lowest BCUT2D eigenvalue weighted by Crippen LogP contribution is -2.40. The van der Waals surface area contributed by atoms with E-state index in [9.17, 15) is 0 Å². The highest BCUT2D eigenvalue weighted by Crippen LogP contribution is 2.33. The van der Waals surface area contributed by atoms with Crippen molar-refractivity contribution in [3.8, 4) is 5.75 Å². The smallest absolute Gasteiger partial charge is 0.124 e. The van der Waals surface area contributed by atoms with Crippen LogP contribution in [-0.4, -0.2) is 26.4 Å². The molecule has 1 aromatic rings. The highest BCUT2D eigenvalue weighted by atomic mass is 16.5. The standard InChI is InChI=1S/C16H25NO2/c1-16(2,3)9-10-18-14-11-19-13-8-6-5-7-12(13)15(14)17-4/h5-8,14-15,17H,9-11H2,1-4H3. The zero-order valence-electron chi connectivity index (χ0n) is 12.4. The Morgan fingerprint density at radius 2 is 2.05 bits per heavy atom. The summed E-state index contributed by atoms with van der Waals surface area (Å²) in [5.74, 6) is 0.970. The van der Waals surface area contributed by atoms with Crippen molar-refractivity contribution in [2.45, 2.75) is 39.3 Å². The van der Waals surface area contributed by atoms with E-state index >= 15 is 0 Å². The first-order valence-corrected chi connectivity index (χ1v) is 7.02. The molecule has 0 amide bonds. The van der Waals surface area contributed by atoms with Crippen molar-refractivity contribution in [2.75, 3.05) is 20.3 Å². The number of ether oxygens (including phenoxy) is 2. The second-order valence-electron chi connectivity index (χ2n) is 6.34. The molecular weight excluding hydrogens is 238 g/mol. The summed E-state index contributed by atoms with van der Waals surface area (Å²) in [6, 6.07) is 8.39. The minimum absolute atomic E-state index is 0.0854. The topological polar surface area (TPSA) is 30.5 Å². The van der Waals surface area contributed by atoms with Gasteiger partial charge in [-0.1, -0.05) is 39.0 Å². The van der Waals surface area contributed by atoms with Crippen molar-refractivity contribution in [2.24, 2.45) is 5.41 Å². The minimum Gasteiger partial charge on any atom is -0.490 e. The normalized spacial score (nSPS) is 22.7. The van der Waals surface area contributed by atoms with Crippen molar-refractivity contribution in [1.82, 2.24) is 5.32 Å². The third-order valence-corrected chi connectivity index (χ3v) is 3.52. The maximum Gasteiger partial charge on any atom is 0.124 e. The molecule has 2 rings (SSSR count). The Morgan fingerprint density at radius 3 is 2.74 bits per heavy atom. The first kappa shape index (κ1) is 14.4. The van der Waals surface area contributed by atoms with E-state index < -0.39 is 0 Å². The molecule has 1 aliphatic rings. The number of rotatable bonds is 4. The van der Waals surface area contributed by atoms with Crippen LogP contribution in [0.4, 0.5) is 0 Å². The predicted octanol–water partition coefficient (Wildman–Crippen LogP) is 3.16. The monoisotopic (exact) mass is 263 g/mol. The van der Waals surface area contributed by atoms with Gasteiger partial charge in [0.1, 0.15) is 18.5 Å². The van der Waals surface area contributed by atoms with Crippen molar-refractivity contribution in [1.29, 1.82) is 0 Å². The lowest BCUT2D eigenvalue weighted by atomic mass is 9.93. The van der Waals surface area contributed by atoms with Crippen LogP contribution in [0, 0.1) is 5.41 Å². The average molecular weight is 263 g/mol. The molecule has 0 fully saturated rings. The van der Waals surface area contributed by atoms with Crippen LogP contribution in [0.15, 0.2) is 24.3 Å². The lowest BCUT2D eigenvalue weighted by Gasteiger charge is -2.34. The van der Waals surface area contributed by atoms with Crippen LogP contribution >= 0.6 is 0 Å². The second kappa shape index (κ2) is 5.93. The molecule has 0 radical (unpaired) electrons. The zero-order chi connectivity index (χ0) is 13.9. The molecule has 3 nitrogen and oxygen atoms in total. The van der Waals surface area contributed by atoms with Gasteiger partial charge in [-0.25, -0.2) is 0 Å². The van der Waals surface area contributed by atoms with Gasteiger partial charge in [0.15, 0.2) is 0 Å². The van der Waals surface area contributed by atoms with Gasteiger partial charge in [0.05, 0.1) is 6.04 Å². The van der Waals surface area contributed by atoms with Crippen molar-refractivity contribution >= 4 is 0 Å². The number of benzene rings is 1. The molecule has 0 saturated carbocycles. The van der Waals surface area contributed by atoms with Gasteiger partial charge in [0.2, 0.25) is 0 Å². The molecule has 1 heterocycles. The zero-order valence-corrected chi connectivity index (χ0v) is 12.4. The predicted molar refractivity (Wildman–Crippen MR) is 77.5 cm³/mol. The van der Waals surface area contributed by atoms with Crippen LogP contribution in [0.3, 0.4) is 0 Å². The van der Waals surface area contributed by atoms with Crippen molar-refractivity contribution in [3.63, 3.8) is 0 Å². The highest BCUT2D eigenvalue weighted by Gasteiger charge is 2.30. The Morgan fingerprint density at radius 1 is 1.32 bits per heavy atom. The van der Waals surface area contributed by atoms with Crippen LogP contribution in [0.25, 0.3) is 0 Å². The summed E-state index contributed by atoms with van der Waals surface area (Å²) in [6.07, 6.45) is 1.14. The molecule has 1 aliphatic heterocycles. The van der Waals surface area contributed by atoms with E-state index in [0.717, 1.165) is 18.8 Å². The summed E-state index contributed by atoms with van der Waals surface area (Å²) >= 11 is 0. The minimum atomic E-state index is 0.0854. The first-order chi connectivity index (χ1) is 9.01. The summed E-state index contributed by atoms with van der Waals surface area (Å²) in [5, 5.41) is 3.35.